The molecule has 0 saturated carbocycles. The van der Waals surface area contributed by atoms with Crippen molar-refractivity contribution < 1.29 is 4.74 Å². The lowest BCUT2D eigenvalue weighted by Gasteiger charge is -2.10. The van der Waals surface area contributed by atoms with Gasteiger partial charge in [0.1, 0.15) is 16.6 Å². The zero-order chi connectivity index (χ0) is 14.7. The van der Waals surface area contributed by atoms with Gasteiger partial charge in [0, 0.05) is 13.6 Å². The summed E-state index contributed by atoms with van der Waals surface area (Å²) in [6, 6.07) is 7.88. The third-order valence-corrected chi connectivity index (χ3v) is 3.27. The second kappa shape index (κ2) is 5.92. The van der Waals surface area contributed by atoms with Gasteiger partial charge in [0.05, 0.1) is 18.4 Å². The number of methoxy groups -OCH3 is 1. The Morgan fingerprint density at radius 1 is 1.50 bits per heavy atom. The van der Waals surface area contributed by atoms with E-state index < -0.39 is 0 Å². The lowest BCUT2D eigenvalue weighted by molar-refractivity contribution is 0.414. The molecule has 0 atom stereocenters. The summed E-state index contributed by atoms with van der Waals surface area (Å²) >= 11 is 5.09. The molecule has 2 rings (SSSR count). The van der Waals surface area contributed by atoms with Crippen LogP contribution < -0.4 is 15.8 Å². The molecular weight excluding hydrogens is 272 g/mol. The fourth-order valence-corrected chi connectivity index (χ4v) is 2.37. The van der Waals surface area contributed by atoms with Gasteiger partial charge in [0.15, 0.2) is 0 Å². The summed E-state index contributed by atoms with van der Waals surface area (Å²) in [6.45, 7) is 2.54. The molecule has 1 heterocycles. The number of rotatable bonds is 5. The van der Waals surface area contributed by atoms with Gasteiger partial charge < -0.3 is 15.8 Å². The average Bonchev–Trinajstić information content (AvgIpc) is 2.71. The number of nitrogens with one attached hydrogen (secondary N) is 1. The smallest absolute Gasteiger partial charge is 0.134 e. The summed E-state index contributed by atoms with van der Waals surface area (Å²) in [5, 5.41) is 7.67. The zero-order valence-corrected chi connectivity index (χ0v) is 12.6. The highest BCUT2D eigenvalue weighted by molar-refractivity contribution is 7.80. The summed E-state index contributed by atoms with van der Waals surface area (Å²) in [6.07, 6.45) is 0. The van der Waals surface area contributed by atoms with Crippen molar-refractivity contribution in [2.45, 2.75) is 13.5 Å². The summed E-state index contributed by atoms with van der Waals surface area (Å²) in [5.74, 6) is 1.66. The van der Waals surface area contributed by atoms with Crippen LogP contribution in [0.2, 0.25) is 0 Å². The Kier molecular flexibility index (Phi) is 4.24. The van der Waals surface area contributed by atoms with Crippen LogP contribution >= 0.6 is 12.2 Å². The molecule has 0 unspecified atom stereocenters. The van der Waals surface area contributed by atoms with E-state index in [0.717, 1.165) is 28.4 Å². The number of nitrogens with zero attached hydrogens (tertiary/aromatic N) is 2. The van der Waals surface area contributed by atoms with Crippen molar-refractivity contribution >= 4 is 23.0 Å². The number of hydrogen-bond donors (Lipinski definition) is 2. The first kappa shape index (κ1) is 14.3. The van der Waals surface area contributed by atoms with Gasteiger partial charge in [-0.3, -0.25) is 4.68 Å². The molecule has 0 aliphatic heterocycles. The van der Waals surface area contributed by atoms with E-state index in [4.69, 9.17) is 22.7 Å². The first-order valence-corrected chi connectivity index (χ1v) is 6.64. The monoisotopic (exact) mass is 290 g/mol. The molecule has 1 aromatic carbocycles. The van der Waals surface area contributed by atoms with Crippen LogP contribution in [-0.2, 0) is 13.6 Å². The molecule has 0 amide bonds. The predicted octanol–water partition coefficient (Wildman–Crippen LogP) is 1.98. The molecule has 106 valence electrons. The van der Waals surface area contributed by atoms with Crippen LogP contribution in [0.15, 0.2) is 24.3 Å². The van der Waals surface area contributed by atoms with Crippen LogP contribution in [0.1, 0.15) is 16.8 Å². The maximum atomic E-state index is 5.76. The number of ether oxygens (including phenoxy) is 1. The maximum Gasteiger partial charge on any atom is 0.134 e. The summed E-state index contributed by atoms with van der Waals surface area (Å²) in [5.41, 5.74) is 8.49. The molecule has 0 bridgehead atoms. The minimum Gasteiger partial charge on any atom is -0.497 e. The number of nitrogens with two attached hydrogens (primary N) is 1. The average molecular weight is 290 g/mol. The largest absolute Gasteiger partial charge is 0.497 e. The molecular formula is C14H18N4OS. The Bertz CT molecular complexity index is 636. The Morgan fingerprint density at radius 3 is 2.90 bits per heavy atom. The van der Waals surface area contributed by atoms with Crippen LogP contribution in [0.25, 0.3) is 0 Å². The number of aryl methyl sites for hydroxylation is 2. The van der Waals surface area contributed by atoms with Crippen molar-refractivity contribution in [3.63, 3.8) is 0 Å². The van der Waals surface area contributed by atoms with Gasteiger partial charge in [0.25, 0.3) is 0 Å². The Labute approximate surface area is 123 Å². The van der Waals surface area contributed by atoms with Crippen LogP contribution in [0.4, 0.5) is 5.82 Å². The third-order valence-electron chi connectivity index (χ3n) is 3.06. The summed E-state index contributed by atoms with van der Waals surface area (Å²) in [4.78, 5) is 0.351. The van der Waals surface area contributed by atoms with Gasteiger partial charge in [0.2, 0.25) is 0 Å². The quantitative estimate of drug-likeness (QED) is 0.824. The minimum absolute atomic E-state index is 0.351. The van der Waals surface area contributed by atoms with Gasteiger partial charge in [-0.25, -0.2) is 0 Å². The number of benzene rings is 1. The van der Waals surface area contributed by atoms with E-state index in [1.165, 1.54) is 0 Å². The molecule has 5 nitrogen and oxygen atoms in total. The maximum absolute atomic E-state index is 5.76. The molecule has 0 spiro atoms. The molecule has 0 aliphatic rings. The molecule has 20 heavy (non-hydrogen) atoms. The number of thiocarbonyl (C=S) groups is 1. The molecule has 3 N–H and O–H groups in total. The Hall–Kier alpha value is -2.08. The van der Waals surface area contributed by atoms with Crippen molar-refractivity contribution in [3.05, 3.63) is 41.1 Å². The molecule has 0 fully saturated rings. The molecule has 6 heteroatoms. The Balaban J connectivity index is 2.20. The van der Waals surface area contributed by atoms with Crippen molar-refractivity contribution in [1.82, 2.24) is 9.78 Å². The highest BCUT2D eigenvalue weighted by Crippen LogP contribution is 2.20. The highest BCUT2D eigenvalue weighted by atomic mass is 32.1. The minimum atomic E-state index is 0.351. The normalized spacial score (nSPS) is 10.3. The van der Waals surface area contributed by atoms with Crippen LogP contribution in [0.5, 0.6) is 5.75 Å². The SMILES string of the molecule is COc1cccc(CNc2c(C(N)=S)c(C)nn2C)c1. The molecule has 0 radical (unpaired) electrons. The number of anilines is 1. The summed E-state index contributed by atoms with van der Waals surface area (Å²) < 4.78 is 6.96. The predicted molar refractivity (Wildman–Crippen MR) is 84.2 cm³/mol. The topological polar surface area (TPSA) is 65.1 Å². The molecule has 0 aliphatic carbocycles. The van der Waals surface area contributed by atoms with Crippen LogP contribution in [-0.4, -0.2) is 21.9 Å². The fraction of sp³-hybridized carbons (Fsp3) is 0.286. The molecule has 2 aromatic rings. The van der Waals surface area contributed by atoms with Crippen molar-refractivity contribution in [3.8, 4) is 5.75 Å². The second-order valence-corrected chi connectivity index (χ2v) is 4.94. The number of aromatic nitrogens is 2. The van der Waals surface area contributed by atoms with E-state index in [0.29, 0.717) is 11.5 Å². The van der Waals surface area contributed by atoms with E-state index in [1.54, 1.807) is 11.8 Å². The van der Waals surface area contributed by atoms with Crippen LogP contribution in [0, 0.1) is 6.92 Å². The zero-order valence-electron chi connectivity index (χ0n) is 11.8. The fourth-order valence-electron chi connectivity index (χ4n) is 2.12. The van der Waals surface area contributed by atoms with E-state index in [9.17, 15) is 0 Å². The highest BCUT2D eigenvalue weighted by Gasteiger charge is 2.15. The molecule has 1 aromatic heterocycles. The first-order valence-electron chi connectivity index (χ1n) is 6.23. The van der Waals surface area contributed by atoms with E-state index in [1.807, 2.05) is 38.2 Å². The van der Waals surface area contributed by atoms with Gasteiger partial charge in [-0.05, 0) is 24.6 Å². The van der Waals surface area contributed by atoms with E-state index in [2.05, 4.69) is 10.4 Å². The first-order chi connectivity index (χ1) is 9.52. The van der Waals surface area contributed by atoms with Crippen molar-refractivity contribution in [2.24, 2.45) is 12.8 Å². The van der Waals surface area contributed by atoms with Gasteiger partial charge in [-0.15, -0.1) is 0 Å². The van der Waals surface area contributed by atoms with E-state index >= 15 is 0 Å². The van der Waals surface area contributed by atoms with Gasteiger partial charge >= 0.3 is 0 Å². The lowest BCUT2D eigenvalue weighted by Crippen LogP contribution is -2.14. The van der Waals surface area contributed by atoms with Gasteiger partial charge in [-0.1, -0.05) is 24.4 Å². The van der Waals surface area contributed by atoms with Crippen LogP contribution in [0.3, 0.4) is 0 Å². The van der Waals surface area contributed by atoms with Gasteiger partial charge in [-0.2, -0.15) is 5.10 Å². The van der Waals surface area contributed by atoms with E-state index in [-0.39, 0.29) is 0 Å². The lowest BCUT2D eigenvalue weighted by atomic mass is 10.2. The number of hydrogen-bond acceptors (Lipinski definition) is 4. The third kappa shape index (κ3) is 2.91. The van der Waals surface area contributed by atoms with Crippen molar-refractivity contribution in [1.29, 1.82) is 0 Å². The Morgan fingerprint density at radius 2 is 2.25 bits per heavy atom. The van der Waals surface area contributed by atoms with Crippen molar-refractivity contribution in [2.75, 3.05) is 12.4 Å². The second-order valence-electron chi connectivity index (χ2n) is 4.50. The summed E-state index contributed by atoms with van der Waals surface area (Å²) in [7, 11) is 3.52. The standard InChI is InChI=1S/C14H18N4OS/c1-9-12(13(15)20)14(18(2)17-9)16-8-10-5-4-6-11(7-10)19-3/h4-7,16H,8H2,1-3H3,(H2,15,20). The molecule has 0 saturated heterocycles.